The van der Waals surface area contributed by atoms with Gasteiger partial charge >= 0.3 is 0 Å². The molecular weight excluding hydrogens is 382 g/mol. The Morgan fingerprint density at radius 3 is 2.59 bits per heavy atom. The molecule has 6 heteroatoms. The van der Waals surface area contributed by atoms with Crippen LogP contribution in [0.5, 0.6) is 11.5 Å². The van der Waals surface area contributed by atoms with Crippen LogP contribution in [-0.2, 0) is 12.3 Å². The summed E-state index contributed by atoms with van der Waals surface area (Å²) in [6, 6.07) is 21.9. The second kappa shape index (κ2) is 8.17. The fourth-order valence-electron chi connectivity index (χ4n) is 3.24. The lowest BCUT2D eigenvalue weighted by molar-refractivity contribution is 0.477. The molecule has 4 aromatic rings. The highest BCUT2D eigenvalue weighted by Crippen LogP contribution is 2.40. The Kier molecular flexibility index (Phi) is 5.09. The van der Waals surface area contributed by atoms with Gasteiger partial charge in [0.2, 0.25) is 0 Å². The number of hydrogen-bond acceptors (Lipinski definition) is 5. The molecule has 1 fully saturated rings. The van der Waals surface area contributed by atoms with Crippen molar-refractivity contribution < 1.29 is 9.15 Å². The van der Waals surface area contributed by atoms with Gasteiger partial charge in [0.1, 0.15) is 23.1 Å². The van der Waals surface area contributed by atoms with E-state index in [4.69, 9.17) is 9.15 Å². The quantitative estimate of drug-likeness (QED) is 0.344. The molecule has 5 nitrogen and oxygen atoms in total. The molecule has 0 atom stereocenters. The van der Waals surface area contributed by atoms with Gasteiger partial charge in [-0.2, -0.15) is 0 Å². The van der Waals surface area contributed by atoms with Crippen LogP contribution in [-0.4, -0.2) is 14.8 Å². The Balaban J connectivity index is 1.35. The zero-order valence-electron chi connectivity index (χ0n) is 15.9. The molecule has 0 amide bonds. The third-order valence-corrected chi connectivity index (χ3v) is 5.90. The molecule has 1 aliphatic carbocycles. The first kappa shape index (κ1) is 18.1. The fourth-order valence-corrected chi connectivity index (χ4v) is 4.17. The van der Waals surface area contributed by atoms with Gasteiger partial charge in [-0.3, -0.25) is 4.57 Å². The van der Waals surface area contributed by atoms with E-state index in [1.165, 1.54) is 12.8 Å². The van der Waals surface area contributed by atoms with Crippen LogP contribution in [0, 0.1) is 0 Å². The van der Waals surface area contributed by atoms with Crippen LogP contribution in [0.3, 0.4) is 0 Å². The number of furan rings is 1. The maximum absolute atomic E-state index is 6.10. The molecule has 2 aromatic carbocycles. The molecule has 2 aromatic heterocycles. The number of nitrogens with zero attached hydrogens (tertiary/aromatic N) is 3. The van der Waals surface area contributed by atoms with Crippen molar-refractivity contribution in [2.24, 2.45) is 0 Å². The van der Waals surface area contributed by atoms with Gasteiger partial charge in [0.15, 0.2) is 5.16 Å². The molecule has 146 valence electrons. The molecular formula is C23H21N3O2S. The second-order valence-electron chi connectivity index (χ2n) is 7.09. The average molecular weight is 404 g/mol. The predicted octanol–water partition coefficient (Wildman–Crippen LogP) is 5.88. The van der Waals surface area contributed by atoms with E-state index in [0.717, 1.165) is 39.6 Å². The van der Waals surface area contributed by atoms with Gasteiger partial charge in [-0.05, 0) is 43.2 Å². The van der Waals surface area contributed by atoms with Crippen molar-refractivity contribution in [1.29, 1.82) is 0 Å². The Bertz CT molecular complexity index is 1070. The molecule has 0 unspecified atom stereocenters. The van der Waals surface area contributed by atoms with Crippen LogP contribution in [0.2, 0.25) is 0 Å². The lowest BCUT2D eigenvalue weighted by Crippen LogP contribution is -2.05. The first-order valence-electron chi connectivity index (χ1n) is 9.76. The van der Waals surface area contributed by atoms with Crippen molar-refractivity contribution in [3.63, 3.8) is 0 Å². The van der Waals surface area contributed by atoms with E-state index in [1.54, 1.807) is 18.0 Å². The van der Waals surface area contributed by atoms with Gasteiger partial charge in [0.05, 0.1) is 12.8 Å². The zero-order valence-corrected chi connectivity index (χ0v) is 16.7. The van der Waals surface area contributed by atoms with Crippen molar-refractivity contribution in [3.8, 4) is 11.5 Å². The van der Waals surface area contributed by atoms with Gasteiger partial charge in [0, 0.05) is 17.2 Å². The van der Waals surface area contributed by atoms with E-state index in [2.05, 4.69) is 20.8 Å². The summed E-state index contributed by atoms with van der Waals surface area (Å²) in [5.41, 5.74) is 1.13. The van der Waals surface area contributed by atoms with Crippen molar-refractivity contribution >= 4 is 11.8 Å². The number of aromatic nitrogens is 3. The monoisotopic (exact) mass is 403 g/mol. The summed E-state index contributed by atoms with van der Waals surface area (Å²) in [6.45, 7) is 0.663. The number of hydrogen-bond donors (Lipinski definition) is 0. The summed E-state index contributed by atoms with van der Waals surface area (Å²) in [5.74, 6) is 4.97. The Morgan fingerprint density at radius 1 is 0.966 bits per heavy atom. The Hall–Kier alpha value is -2.99. The SMILES string of the molecule is c1ccc(Oc2ccccc2CSc2nnc(C3CC3)n2Cc2ccco2)cc1. The first-order valence-corrected chi connectivity index (χ1v) is 10.7. The lowest BCUT2D eigenvalue weighted by atomic mass is 10.2. The molecule has 0 bridgehead atoms. The lowest BCUT2D eigenvalue weighted by Gasteiger charge is -2.12. The van der Waals surface area contributed by atoms with E-state index in [9.17, 15) is 0 Å². The second-order valence-corrected chi connectivity index (χ2v) is 8.03. The van der Waals surface area contributed by atoms with E-state index in [-0.39, 0.29) is 0 Å². The van der Waals surface area contributed by atoms with Gasteiger partial charge in [-0.25, -0.2) is 0 Å². The van der Waals surface area contributed by atoms with Crippen LogP contribution in [0.1, 0.15) is 35.9 Å². The molecule has 1 saturated carbocycles. The minimum atomic E-state index is 0.528. The topological polar surface area (TPSA) is 53.1 Å². The van der Waals surface area contributed by atoms with Gasteiger partial charge in [-0.1, -0.05) is 48.2 Å². The predicted molar refractivity (Wildman–Crippen MR) is 112 cm³/mol. The molecule has 0 spiro atoms. The van der Waals surface area contributed by atoms with E-state index in [1.807, 2.05) is 60.7 Å². The van der Waals surface area contributed by atoms with Crippen LogP contribution in [0.25, 0.3) is 0 Å². The highest BCUT2D eigenvalue weighted by Gasteiger charge is 2.30. The van der Waals surface area contributed by atoms with Crippen LogP contribution in [0.15, 0.2) is 82.6 Å². The van der Waals surface area contributed by atoms with E-state index >= 15 is 0 Å². The molecule has 2 heterocycles. The maximum atomic E-state index is 6.10. The molecule has 0 aliphatic heterocycles. The van der Waals surface area contributed by atoms with E-state index < -0.39 is 0 Å². The molecule has 29 heavy (non-hydrogen) atoms. The summed E-state index contributed by atoms with van der Waals surface area (Å²) in [7, 11) is 0. The number of benzene rings is 2. The summed E-state index contributed by atoms with van der Waals surface area (Å²) < 4.78 is 13.9. The molecule has 0 radical (unpaired) electrons. The largest absolute Gasteiger partial charge is 0.467 e. The van der Waals surface area contributed by atoms with Crippen molar-refractivity contribution in [2.45, 2.75) is 36.2 Å². The van der Waals surface area contributed by atoms with Crippen molar-refractivity contribution in [1.82, 2.24) is 14.8 Å². The van der Waals surface area contributed by atoms with Gasteiger partial charge < -0.3 is 9.15 Å². The zero-order chi connectivity index (χ0) is 19.5. The number of rotatable bonds is 8. The summed E-state index contributed by atoms with van der Waals surface area (Å²) in [4.78, 5) is 0. The summed E-state index contributed by atoms with van der Waals surface area (Å²) in [5, 5.41) is 9.88. The highest BCUT2D eigenvalue weighted by atomic mass is 32.2. The van der Waals surface area contributed by atoms with Crippen molar-refractivity contribution in [3.05, 3.63) is 90.1 Å². The number of para-hydroxylation sites is 2. The number of thioether (sulfide) groups is 1. The summed E-state index contributed by atoms with van der Waals surface area (Å²) >= 11 is 1.68. The maximum Gasteiger partial charge on any atom is 0.191 e. The van der Waals surface area contributed by atoms with Crippen LogP contribution < -0.4 is 4.74 Å². The standard InChI is InChI=1S/C23H21N3O2S/c1-2-8-19(9-3-1)28-21-11-5-4-7-18(21)16-29-23-25-24-22(17-12-13-17)26(23)15-20-10-6-14-27-20/h1-11,14,17H,12-13,15-16H2. The first-order chi connectivity index (χ1) is 14.4. The normalized spacial score (nSPS) is 13.5. The van der Waals surface area contributed by atoms with Crippen molar-refractivity contribution in [2.75, 3.05) is 0 Å². The minimum Gasteiger partial charge on any atom is -0.467 e. The third kappa shape index (κ3) is 4.22. The molecule has 1 aliphatic rings. The fraction of sp³-hybridized carbons (Fsp3) is 0.217. The Labute approximate surface area is 173 Å². The molecule has 0 N–H and O–H groups in total. The van der Waals surface area contributed by atoms with Gasteiger partial charge in [-0.15, -0.1) is 10.2 Å². The smallest absolute Gasteiger partial charge is 0.191 e. The Morgan fingerprint density at radius 2 is 1.79 bits per heavy atom. The molecule has 0 saturated heterocycles. The minimum absolute atomic E-state index is 0.528. The highest BCUT2D eigenvalue weighted by molar-refractivity contribution is 7.98. The average Bonchev–Trinajstić information content (AvgIpc) is 3.32. The van der Waals surface area contributed by atoms with Crippen LogP contribution in [0.4, 0.5) is 0 Å². The van der Waals surface area contributed by atoms with Crippen LogP contribution >= 0.6 is 11.8 Å². The number of ether oxygens (including phenoxy) is 1. The summed E-state index contributed by atoms with van der Waals surface area (Å²) in [6.07, 6.45) is 4.09. The van der Waals surface area contributed by atoms with E-state index in [0.29, 0.717) is 12.5 Å². The van der Waals surface area contributed by atoms with Gasteiger partial charge in [0.25, 0.3) is 0 Å². The molecule has 5 rings (SSSR count). The third-order valence-electron chi connectivity index (χ3n) is 4.88.